The fraction of sp³-hybridized carbons (Fsp3) is 0. The number of hydrogen-bond donors (Lipinski definition) is 0. The molecule has 5 nitrogen and oxygen atoms in total. The van der Waals surface area contributed by atoms with E-state index in [9.17, 15) is 0 Å². The van der Waals surface area contributed by atoms with Gasteiger partial charge in [-0.2, -0.15) is 0 Å². The van der Waals surface area contributed by atoms with Gasteiger partial charge in [0.2, 0.25) is 0 Å². The van der Waals surface area contributed by atoms with Gasteiger partial charge in [0.05, 0.1) is 32.8 Å². The first-order valence-electron chi connectivity index (χ1n) is 22.1. The number of hydrogen-bond acceptors (Lipinski definition) is 3. The summed E-state index contributed by atoms with van der Waals surface area (Å²) in [5.74, 6) is 0. The number of benzene rings is 10. The third kappa shape index (κ3) is 4.87. The molecule has 5 heterocycles. The zero-order chi connectivity index (χ0) is 42.3. The molecule has 0 atom stereocenters. The van der Waals surface area contributed by atoms with Gasteiger partial charge in [-0.25, -0.2) is 0 Å². The Kier molecular flexibility index (Phi) is 6.89. The fourth-order valence-electron chi connectivity index (χ4n) is 10.8. The maximum Gasteiger partial charge on any atom is 0.145 e. The molecule has 0 bridgehead atoms. The Balaban J connectivity index is 0.866. The third-order valence-corrected chi connectivity index (χ3v) is 13.7. The van der Waals surface area contributed by atoms with Crippen LogP contribution in [0.3, 0.4) is 0 Å². The topological polar surface area (TPSA) is 49.3 Å². The second-order valence-corrected chi connectivity index (χ2v) is 17.2. The van der Waals surface area contributed by atoms with Gasteiger partial charge < -0.3 is 22.4 Å². The van der Waals surface area contributed by atoms with Crippen molar-refractivity contribution in [3.63, 3.8) is 0 Å². The average Bonchev–Trinajstić information content (AvgIpc) is 4.18. The molecule has 0 saturated heterocycles. The minimum atomic E-state index is 0.903. The summed E-state index contributed by atoms with van der Waals surface area (Å²) in [6, 6.07) is 73.6. The smallest absolute Gasteiger partial charge is 0.145 e. The van der Waals surface area contributed by atoms with Crippen LogP contribution in [-0.2, 0) is 0 Å². The molecule has 0 radical (unpaired) electrons. The summed E-state index contributed by atoms with van der Waals surface area (Å²) in [5, 5.41) is 11.3. The molecule has 0 amide bonds. The highest BCUT2D eigenvalue weighted by molar-refractivity contribution is 6.29. The Bertz CT molecular complexity index is 4170. The molecule has 15 rings (SSSR count). The predicted octanol–water partition coefficient (Wildman–Crippen LogP) is 16.9. The maximum atomic E-state index is 7.22. The van der Waals surface area contributed by atoms with E-state index in [-0.39, 0.29) is 0 Å². The second-order valence-electron chi connectivity index (χ2n) is 17.2. The standard InChI is InChI=1S/C60H34N2O3/c1-5-13-49-45(11-1)57-51(61(49)39-23-17-35(18-24-39)37-21-31-55-47(33-37)41-9-3-7-15-53(41)63-55)29-27-43-44-28-30-52-58(60(44)65-59(43)57)46-12-2-6-14-50(46)62(52)40-25-19-36(20-26-40)38-22-32-56-48(34-38)42-10-4-8-16-54(42)64-56/h1-34H. The van der Waals surface area contributed by atoms with Crippen LogP contribution >= 0.6 is 0 Å². The second kappa shape index (κ2) is 12.9. The molecule has 0 unspecified atom stereocenters. The summed E-state index contributed by atoms with van der Waals surface area (Å²) in [4.78, 5) is 0. The van der Waals surface area contributed by atoms with Crippen molar-refractivity contribution >= 4 is 109 Å². The van der Waals surface area contributed by atoms with Crippen LogP contribution in [0.1, 0.15) is 0 Å². The van der Waals surface area contributed by atoms with Crippen LogP contribution in [0, 0.1) is 0 Å². The molecule has 5 heteroatoms. The summed E-state index contributed by atoms with van der Waals surface area (Å²) in [6.07, 6.45) is 0. The van der Waals surface area contributed by atoms with Crippen LogP contribution in [0.25, 0.3) is 143 Å². The lowest BCUT2D eigenvalue weighted by Crippen LogP contribution is -1.93. The SMILES string of the molecule is c1ccc2c(c1)oc1ccc(-c3ccc(-n4c5ccccc5c5c6oc7c(ccc8c7c7ccccc7n8-c7ccc(-c8ccc9oc%10ccccc%10c9c8)cc7)c6ccc54)cc3)cc12. The summed E-state index contributed by atoms with van der Waals surface area (Å²) in [6.45, 7) is 0. The van der Waals surface area contributed by atoms with E-state index in [0.717, 1.165) is 143 Å². The number of rotatable bonds is 4. The Morgan fingerprint density at radius 3 is 1.09 bits per heavy atom. The highest BCUT2D eigenvalue weighted by atomic mass is 16.3. The summed E-state index contributed by atoms with van der Waals surface area (Å²) < 4.78 is 24.2. The van der Waals surface area contributed by atoms with Gasteiger partial charge in [-0.15, -0.1) is 0 Å². The van der Waals surface area contributed by atoms with Gasteiger partial charge in [0.15, 0.2) is 0 Å². The van der Waals surface area contributed by atoms with Crippen LogP contribution < -0.4 is 0 Å². The highest BCUT2D eigenvalue weighted by Gasteiger charge is 2.23. The highest BCUT2D eigenvalue weighted by Crippen LogP contribution is 2.45. The molecule has 10 aromatic carbocycles. The molecular formula is C60H34N2O3. The van der Waals surface area contributed by atoms with Crippen molar-refractivity contribution in [3.05, 3.63) is 206 Å². The molecule has 0 spiro atoms. The number of para-hydroxylation sites is 4. The Morgan fingerprint density at radius 2 is 0.631 bits per heavy atom. The van der Waals surface area contributed by atoms with E-state index in [0.29, 0.717) is 0 Å². The van der Waals surface area contributed by atoms with Crippen molar-refractivity contribution in [1.29, 1.82) is 0 Å². The van der Waals surface area contributed by atoms with Gasteiger partial charge in [-0.1, -0.05) is 109 Å². The van der Waals surface area contributed by atoms with E-state index < -0.39 is 0 Å². The first-order chi connectivity index (χ1) is 32.2. The molecule has 0 saturated carbocycles. The molecule has 5 aromatic heterocycles. The van der Waals surface area contributed by atoms with E-state index >= 15 is 0 Å². The maximum absolute atomic E-state index is 7.22. The third-order valence-electron chi connectivity index (χ3n) is 13.7. The number of nitrogens with zero attached hydrogens (tertiary/aromatic N) is 2. The molecule has 65 heavy (non-hydrogen) atoms. The molecule has 0 N–H and O–H groups in total. The minimum absolute atomic E-state index is 0.903. The molecule has 0 fully saturated rings. The van der Waals surface area contributed by atoms with Crippen LogP contribution in [0.15, 0.2) is 220 Å². The van der Waals surface area contributed by atoms with Crippen molar-refractivity contribution in [2.75, 3.05) is 0 Å². The molecule has 0 aliphatic heterocycles. The Hall–Kier alpha value is -8.80. The lowest BCUT2D eigenvalue weighted by atomic mass is 10.0. The normalized spacial score (nSPS) is 12.3. The average molecular weight is 831 g/mol. The molecule has 302 valence electrons. The summed E-state index contributed by atoms with van der Waals surface area (Å²) in [7, 11) is 0. The lowest BCUT2D eigenvalue weighted by Gasteiger charge is -2.09. The van der Waals surface area contributed by atoms with Crippen molar-refractivity contribution < 1.29 is 13.3 Å². The first-order valence-corrected chi connectivity index (χ1v) is 22.1. The van der Waals surface area contributed by atoms with E-state index in [1.807, 2.05) is 24.3 Å². The largest absolute Gasteiger partial charge is 0.456 e. The van der Waals surface area contributed by atoms with Gasteiger partial charge in [0.25, 0.3) is 0 Å². The van der Waals surface area contributed by atoms with E-state index in [1.54, 1.807) is 0 Å². The summed E-state index contributed by atoms with van der Waals surface area (Å²) in [5.41, 5.74) is 16.7. The number of aromatic nitrogens is 2. The molecule has 0 aliphatic carbocycles. The monoisotopic (exact) mass is 830 g/mol. The first kappa shape index (κ1) is 34.7. The molecule has 15 aromatic rings. The van der Waals surface area contributed by atoms with Crippen molar-refractivity contribution in [2.24, 2.45) is 0 Å². The van der Waals surface area contributed by atoms with E-state index in [4.69, 9.17) is 13.3 Å². The van der Waals surface area contributed by atoms with E-state index in [2.05, 4.69) is 191 Å². The predicted molar refractivity (Wildman–Crippen MR) is 268 cm³/mol. The van der Waals surface area contributed by atoms with Crippen molar-refractivity contribution in [3.8, 4) is 33.6 Å². The zero-order valence-corrected chi connectivity index (χ0v) is 34.7. The van der Waals surface area contributed by atoms with Crippen LogP contribution in [0.2, 0.25) is 0 Å². The zero-order valence-electron chi connectivity index (χ0n) is 34.7. The Labute approximate surface area is 370 Å². The van der Waals surface area contributed by atoms with E-state index in [1.165, 1.54) is 0 Å². The fourth-order valence-corrected chi connectivity index (χ4v) is 10.8. The van der Waals surface area contributed by atoms with Gasteiger partial charge in [0.1, 0.15) is 33.5 Å². The van der Waals surface area contributed by atoms with Gasteiger partial charge in [0, 0.05) is 54.5 Å². The van der Waals surface area contributed by atoms with Gasteiger partial charge in [-0.3, -0.25) is 0 Å². The van der Waals surface area contributed by atoms with Crippen LogP contribution in [-0.4, -0.2) is 9.13 Å². The molecular weight excluding hydrogens is 797 g/mol. The van der Waals surface area contributed by atoms with Crippen LogP contribution in [0.5, 0.6) is 0 Å². The summed E-state index contributed by atoms with van der Waals surface area (Å²) >= 11 is 0. The van der Waals surface area contributed by atoms with Crippen molar-refractivity contribution in [1.82, 2.24) is 9.13 Å². The van der Waals surface area contributed by atoms with Gasteiger partial charge >= 0.3 is 0 Å². The number of furan rings is 3. The van der Waals surface area contributed by atoms with Crippen LogP contribution in [0.4, 0.5) is 0 Å². The van der Waals surface area contributed by atoms with Gasteiger partial charge in [-0.05, 0) is 119 Å². The molecule has 0 aliphatic rings. The number of fused-ring (bicyclic) bond motifs is 17. The van der Waals surface area contributed by atoms with Crippen molar-refractivity contribution in [2.45, 2.75) is 0 Å². The Morgan fingerprint density at radius 1 is 0.246 bits per heavy atom. The lowest BCUT2D eigenvalue weighted by molar-refractivity contribution is 0.668. The quantitative estimate of drug-likeness (QED) is 0.177. The minimum Gasteiger partial charge on any atom is -0.456 e.